The van der Waals surface area contributed by atoms with E-state index in [9.17, 15) is 4.79 Å². The van der Waals surface area contributed by atoms with Crippen molar-refractivity contribution in [2.75, 3.05) is 7.11 Å². The number of carboxylic acid groups (broad SMARTS) is 1. The summed E-state index contributed by atoms with van der Waals surface area (Å²) in [6, 6.07) is 7.86. The van der Waals surface area contributed by atoms with Gasteiger partial charge in [0.05, 0.1) is 13.0 Å². The standard InChI is InChI=1S/C15H16O3/c1-18-14-7-5-11(6-8-14)9-12-3-2-4-13(10-12)15(16)17/h2,4-8,10,13H,3,9H2,1H3,(H,16,17). The molecule has 2 rings (SSSR count). The molecule has 18 heavy (non-hydrogen) atoms. The fourth-order valence-electron chi connectivity index (χ4n) is 2.03. The molecule has 1 N–H and O–H groups in total. The molecule has 0 bridgehead atoms. The molecule has 1 aliphatic carbocycles. The van der Waals surface area contributed by atoms with Gasteiger partial charge < -0.3 is 9.84 Å². The number of hydrogen-bond acceptors (Lipinski definition) is 2. The molecule has 0 radical (unpaired) electrons. The number of hydrogen-bond donors (Lipinski definition) is 1. The lowest BCUT2D eigenvalue weighted by molar-refractivity contribution is -0.138. The molecule has 3 heteroatoms. The highest BCUT2D eigenvalue weighted by Crippen LogP contribution is 2.21. The SMILES string of the molecule is COc1ccc(CC2=CC(C(=O)O)C=CC2)cc1. The molecule has 1 aromatic rings. The number of carbonyl (C=O) groups is 1. The average molecular weight is 244 g/mol. The van der Waals surface area contributed by atoms with Gasteiger partial charge in [-0.3, -0.25) is 4.79 Å². The summed E-state index contributed by atoms with van der Waals surface area (Å²) in [5.74, 6) is -0.440. The highest BCUT2D eigenvalue weighted by atomic mass is 16.5. The van der Waals surface area contributed by atoms with Crippen LogP contribution < -0.4 is 4.74 Å². The van der Waals surface area contributed by atoms with Crippen LogP contribution in [0.25, 0.3) is 0 Å². The number of methoxy groups -OCH3 is 1. The van der Waals surface area contributed by atoms with Crippen LogP contribution >= 0.6 is 0 Å². The topological polar surface area (TPSA) is 46.5 Å². The van der Waals surface area contributed by atoms with Gasteiger partial charge in [-0.1, -0.05) is 35.9 Å². The Morgan fingerprint density at radius 2 is 2.11 bits per heavy atom. The lowest BCUT2D eigenvalue weighted by Gasteiger charge is -2.13. The summed E-state index contributed by atoms with van der Waals surface area (Å²) in [4.78, 5) is 10.9. The molecule has 1 unspecified atom stereocenters. The van der Waals surface area contributed by atoms with Gasteiger partial charge in [0.25, 0.3) is 0 Å². The van der Waals surface area contributed by atoms with Crippen LogP contribution in [-0.4, -0.2) is 18.2 Å². The summed E-state index contributed by atoms with van der Waals surface area (Å²) in [5, 5.41) is 8.98. The minimum atomic E-state index is -0.793. The first-order valence-corrected chi connectivity index (χ1v) is 5.91. The van der Waals surface area contributed by atoms with Crippen molar-refractivity contribution in [1.82, 2.24) is 0 Å². The lowest BCUT2D eigenvalue weighted by atomic mass is 9.93. The first-order chi connectivity index (χ1) is 8.69. The molecule has 0 heterocycles. The summed E-state index contributed by atoms with van der Waals surface area (Å²) in [7, 11) is 1.64. The van der Waals surface area contributed by atoms with E-state index >= 15 is 0 Å². The van der Waals surface area contributed by atoms with Gasteiger partial charge in [-0.15, -0.1) is 0 Å². The number of allylic oxidation sites excluding steroid dienone is 2. The minimum Gasteiger partial charge on any atom is -0.497 e. The van der Waals surface area contributed by atoms with E-state index in [0.29, 0.717) is 0 Å². The number of ether oxygens (including phenoxy) is 1. The first-order valence-electron chi connectivity index (χ1n) is 5.91. The molecule has 1 atom stereocenters. The predicted molar refractivity (Wildman–Crippen MR) is 69.7 cm³/mol. The summed E-state index contributed by atoms with van der Waals surface area (Å²) in [5.41, 5.74) is 2.32. The van der Waals surface area contributed by atoms with Crippen LogP contribution in [0, 0.1) is 5.92 Å². The van der Waals surface area contributed by atoms with Crippen molar-refractivity contribution in [1.29, 1.82) is 0 Å². The molecule has 0 amide bonds. The molecule has 94 valence electrons. The van der Waals surface area contributed by atoms with E-state index in [4.69, 9.17) is 9.84 Å². The second-order valence-corrected chi connectivity index (χ2v) is 4.35. The normalized spacial score (nSPS) is 18.3. The molecule has 1 aliphatic rings. The zero-order valence-corrected chi connectivity index (χ0v) is 10.3. The van der Waals surface area contributed by atoms with Gasteiger partial charge in [0.15, 0.2) is 0 Å². The Balaban J connectivity index is 2.06. The van der Waals surface area contributed by atoms with Crippen molar-refractivity contribution in [3.63, 3.8) is 0 Å². The summed E-state index contributed by atoms with van der Waals surface area (Å²) in [6.07, 6.45) is 7.12. The Morgan fingerprint density at radius 3 is 2.72 bits per heavy atom. The van der Waals surface area contributed by atoms with Crippen LogP contribution in [-0.2, 0) is 11.2 Å². The van der Waals surface area contributed by atoms with Crippen LogP contribution in [0.5, 0.6) is 5.75 Å². The maximum Gasteiger partial charge on any atom is 0.314 e. The largest absolute Gasteiger partial charge is 0.497 e. The Bertz CT molecular complexity index is 483. The molecular formula is C15H16O3. The molecule has 0 aromatic heterocycles. The fourth-order valence-corrected chi connectivity index (χ4v) is 2.03. The molecule has 1 aromatic carbocycles. The molecule has 0 fully saturated rings. The molecule has 0 spiro atoms. The number of carboxylic acids is 1. The summed E-state index contributed by atoms with van der Waals surface area (Å²) in [6.45, 7) is 0. The van der Waals surface area contributed by atoms with Crippen molar-refractivity contribution in [3.05, 3.63) is 53.6 Å². The van der Waals surface area contributed by atoms with E-state index in [2.05, 4.69) is 0 Å². The van der Waals surface area contributed by atoms with Gasteiger partial charge in [-0.05, 0) is 30.5 Å². The van der Waals surface area contributed by atoms with Gasteiger partial charge in [0.1, 0.15) is 5.75 Å². The van der Waals surface area contributed by atoms with E-state index in [1.807, 2.05) is 36.4 Å². The lowest BCUT2D eigenvalue weighted by Crippen LogP contribution is -2.11. The van der Waals surface area contributed by atoms with Gasteiger partial charge in [-0.2, -0.15) is 0 Å². The summed E-state index contributed by atoms with van der Waals surface area (Å²) < 4.78 is 5.10. The van der Waals surface area contributed by atoms with Gasteiger partial charge in [-0.25, -0.2) is 0 Å². The number of rotatable bonds is 4. The van der Waals surface area contributed by atoms with Crippen LogP contribution in [0.2, 0.25) is 0 Å². The van der Waals surface area contributed by atoms with Crippen molar-refractivity contribution in [3.8, 4) is 5.75 Å². The summed E-state index contributed by atoms with van der Waals surface area (Å²) >= 11 is 0. The van der Waals surface area contributed by atoms with Gasteiger partial charge in [0.2, 0.25) is 0 Å². The zero-order chi connectivity index (χ0) is 13.0. The molecule has 0 saturated carbocycles. The monoisotopic (exact) mass is 244 g/mol. The van der Waals surface area contributed by atoms with Crippen LogP contribution in [0.4, 0.5) is 0 Å². The quantitative estimate of drug-likeness (QED) is 0.828. The van der Waals surface area contributed by atoms with Crippen molar-refractivity contribution in [2.24, 2.45) is 5.92 Å². The zero-order valence-electron chi connectivity index (χ0n) is 10.3. The van der Waals surface area contributed by atoms with Gasteiger partial charge in [0, 0.05) is 0 Å². The molecular weight excluding hydrogens is 228 g/mol. The minimum absolute atomic E-state index is 0.480. The van der Waals surface area contributed by atoms with Crippen LogP contribution in [0.3, 0.4) is 0 Å². The second-order valence-electron chi connectivity index (χ2n) is 4.35. The second kappa shape index (κ2) is 5.54. The highest BCUT2D eigenvalue weighted by Gasteiger charge is 2.15. The Hall–Kier alpha value is -2.03. The van der Waals surface area contributed by atoms with Crippen molar-refractivity contribution in [2.45, 2.75) is 12.8 Å². The van der Waals surface area contributed by atoms with E-state index in [1.54, 1.807) is 13.2 Å². The maximum atomic E-state index is 10.9. The maximum absolute atomic E-state index is 10.9. The Kier molecular flexibility index (Phi) is 3.82. The smallest absolute Gasteiger partial charge is 0.314 e. The molecule has 0 aliphatic heterocycles. The Labute approximate surface area is 106 Å². The van der Waals surface area contributed by atoms with Crippen molar-refractivity contribution >= 4 is 5.97 Å². The van der Waals surface area contributed by atoms with Crippen LogP contribution in [0.1, 0.15) is 12.0 Å². The Morgan fingerprint density at radius 1 is 1.39 bits per heavy atom. The third-order valence-electron chi connectivity index (χ3n) is 3.01. The average Bonchev–Trinajstić information content (AvgIpc) is 2.40. The van der Waals surface area contributed by atoms with E-state index in [1.165, 1.54) is 5.56 Å². The first kappa shape index (κ1) is 12.4. The third-order valence-corrected chi connectivity index (χ3v) is 3.01. The van der Waals surface area contributed by atoms with E-state index < -0.39 is 11.9 Å². The van der Waals surface area contributed by atoms with Crippen molar-refractivity contribution < 1.29 is 14.6 Å². The molecule has 3 nitrogen and oxygen atoms in total. The van der Waals surface area contributed by atoms with E-state index in [0.717, 1.165) is 24.2 Å². The van der Waals surface area contributed by atoms with Gasteiger partial charge >= 0.3 is 5.97 Å². The third kappa shape index (κ3) is 3.00. The fraction of sp³-hybridized carbons (Fsp3) is 0.267. The van der Waals surface area contributed by atoms with Crippen LogP contribution in [0.15, 0.2) is 48.1 Å². The predicted octanol–water partition coefficient (Wildman–Crippen LogP) is 2.82. The molecule has 0 saturated heterocycles. The number of aliphatic carboxylic acids is 1. The number of benzene rings is 1. The highest BCUT2D eigenvalue weighted by molar-refractivity contribution is 5.75. The van der Waals surface area contributed by atoms with E-state index in [-0.39, 0.29) is 0 Å².